The summed E-state index contributed by atoms with van der Waals surface area (Å²) in [7, 11) is 0. The molecule has 9 nitrogen and oxygen atoms in total. The van der Waals surface area contributed by atoms with E-state index in [1.165, 1.54) is 42.5 Å². The molecule has 34 heavy (non-hydrogen) atoms. The summed E-state index contributed by atoms with van der Waals surface area (Å²) in [5.74, 6) is -0.862. The fraction of sp³-hybridized carbons (Fsp3) is 0.182. The molecule has 0 aromatic heterocycles. The molecule has 1 fully saturated rings. The van der Waals surface area contributed by atoms with Crippen LogP contribution in [0.4, 0.5) is 19.3 Å². The maximum atomic E-state index is 12.6. The molecule has 2 aliphatic rings. The van der Waals surface area contributed by atoms with Crippen LogP contribution in [-0.2, 0) is 9.59 Å². The Balaban J connectivity index is 1.33. The second-order valence-electron chi connectivity index (χ2n) is 7.08. The zero-order valence-corrected chi connectivity index (χ0v) is 18.2. The van der Waals surface area contributed by atoms with Gasteiger partial charge in [0.05, 0.1) is 10.6 Å². The van der Waals surface area contributed by atoms with Gasteiger partial charge in [-0.3, -0.25) is 24.1 Å². The van der Waals surface area contributed by atoms with Crippen molar-refractivity contribution in [1.82, 2.24) is 10.2 Å². The standard InChI is InChI=1S/C22H17F2N3O6S/c23-21(24)33-14-4-1-12(2-5-14)9-17-20(30)27(22(31)34-17)8-7-25-19(29)13-3-6-16-15(10-13)26-18(28)11-32-16/h1-6,9-10,21H,7-8,11H2,(H,25,29)(H,26,28)/b17-9-. The smallest absolute Gasteiger partial charge is 0.387 e. The molecule has 1 saturated heterocycles. The Morgan fingerprint density at radius 2 is 1.97 bits per heavy atom. The number of carbonyl (C=O) groups excluding carboxylic acids is 4. The van der Waals surface area contributed by atoms with Crippen molar-refractivity contribution in [2.45, 2.75) is 6.61 Å². The van der Waals surface area contributed by atoms with Crippen LogP contribution in [-0.4, -0.2) is 54.2 Å². The van der Waals surface area contributed by atoms with Gasteiger partial charge in [-0.15, -0.1) is 0 Å². The topological polar surface area (TPSA) is 114 Å². The second kappa shape index (κ2) is 9.91. The third-order valence-corrected chi connectivity index (χ3v) is 5.68. The van der Waals surface area contributed by atoms with E-state index in [4.69, 9.17) is 4.74 Å². The third-order valence-electron chi connectivity index (χ3n) is 4.77. The zero-order chi connectivity index (χ0) is 24.2. The molecule has 0 bridgehead atoms. The van der Waals surface area contributed by atoms with Gasteiger partial charge in [-0.2, -0.15) is 8.78 Å². The van der Waals surface area contributed by atoms with Gasteiger partial charge in [0.1, 0.15) is 11.5 Å². The summed E-state index contributed by atoms with van der Waals surface area (Å²) in [6.45, 7) is -3.06. The predicted molar refractivity (Wildman–Crippen MR) is 119 cm³/mol. The summed E-state index contributed by atoms with van der Waals surface area (Å²) in [6, 6.07) is 10.2. The number of anilines is 1. The van der Waals surface area contributed by atoms with Crippen LogP contribution in [0.1, 0.15) is 15.9 Å². The number of nitrogens with zero attached hydrogens (tertiary/aromatic N) is 1. The SMILES string of the molecule is O=C1COc2ccc(C(=O)NCCN3C(=O)S/C(=C\c4ccc(OC(F)F)cc4)C3=O)cc2N1. The number of fused-ring (bicyclic) bond motifs is 1. The van der Waals surface area contributed by atoms with E-state index < -0.39 is 23.7 Å². The van der Waals surface area contributed by atoms with E-state index in [0.29, 0.717) is 17.0 Å². The summed E-state index contributed by atoms with van der Waals surface area (Å²) < 4.78 is 34.0. The molecule has 176 valence electrons. The van der Waals surface area contributed by atoms with Crippen LogP contribution in [0.2, 0.25) is 0 Å². The first-order valence-corrected chi connectivity index (χ1v) is 10.8. The number of ether oxygens (including phenoxy) is 2. The molecule has 2 aliphatic heterocycles. The molecule has 0 spiro atoms. The van der Waals surface area contributed by atoms with Crippen LogP contribution in [0, 0.1) is 0 Å². The lowest BCUT2D eigenvalue weighted by atomic mass is 10.1. The minimum Gasteiger partial charge on any atom is -0.482 e. The Labute approximate surface area is 196 Å². The van der Waals surface area contributed by atoms with Crippen LogP contribution in [0.15, 0.2) is 47.4 Å². The van der Waals surface area contributed by atoms with Crippen LogP contribution in [0.5, 0.6) is 11.5 Å². The lowest BCUT2D eigenvalue weighted by Gasteiger charge is -2.18. The lowest BCUT2D eigenvalue weighted by Crippen LogP contribution is -2.37. The predicted octanol–water partition coefficient (Wildman–Crippen LogP) is 3.09. The Morgan fingerprint density at radius 3 is 2.71 bits per heavy atom. The molecule has 12 heteroatoms. The number of nitrogens with one attached hydrogen (secondary N) is 2. The molecule has 2 aromatic rings. The van der Waals surface area contributed by atoms with Gasteiger partial charge in [-0.1, -0.05) is 12.1 Å². The van der Waals surface area contributed by atoms with Gasteiger partial charge < -0.3 is 20.1 Å². The van der Waals surface area contributed by atoms with E-state index >= 15 is 0 Å². The number of thioether (sulfide) groups is 1. The van der Waals surface area contributed by atoms with Gasteiger partial charge in [-0.05, 0) is 53.7 Å². The summed E-state index contributed by atoms with van der Waals surface area (Å²) in [6.07, 6.45) is 1.47. The number of amides is 4. The Morgan fingerprint density at radius 1 is 1.21 bits per heavy atom. The molecular formula is C22H17F2N3O6S. The van der Waals surface area contributed by atoms with Gasteiger partial charge in [0.15, 0.2) is 6.61 Å². The van der Waals surface area contributed by atoms with Gasteiger partial charge in [0, 0.05) is 18.7 Å². The normalized spacial score (nSPS) is 16.4. The van der Waals surface area contributed by atoms with Gasteiger partial charge in [-0.25, -0.2) is 0 Å². The molecule has 0 unspecified atom stereocenters. The Kier molecular flexibility index (Phi) is 6.77. The number of benzene rings is 2. The van der Waals surface area contributed by atoms with Crippen molar-refractivity contribution in [2.24, 2.45) is 0 Å². The Bertz CT molecular complexity index is 1190. The molecule has 0 radical (unpaired) electrons. The minimum absolute atomic E-state index is 0.0176. The Hall–Kier alpha value is -3.93. The lowest BCUT2D eigenvalue weighted by molar-refractivity contribution is -0.122. The van der Waals surface area contributed by atoms with E-state index in [0.717, 1.165) is 16.7 Å². The molecule has 2 aromatic carbocycles. The van der Waals surface area contributed by atoms with Crippen LogP contribution in [0.3, 0.4) is 0 Å². The zero-order valence-electron chi connectivity index (χ0n) is 17.4. The second-order valence-corrected chi connectivity index (χ2v) is 8.08. The average molecular weight is 489 g/mol. The van der Waals surface area contributed by atoms with Crippen molar-refractivity contribution in [1.29, 1.82) is 0 Å². The molecule has 4 amide bonds. The number of carbonyl (C=O) groups is 4. The highest BCUT2D eigenvalue weighted by atomic mass is 32.2. The number of imide groups is 1. The molecule has 0 atom stereocenters. The van der Waals surface area contributed by atoms with E-state index in [9.17, 15) is 28.0 Å². The summed E-state index contributed by atoms with van der Waals surface area (Å²) in [5, 5.41) is 4.75. The fourth-order valence-corrected chi connectivity index (χ4v) is 4.06. The molecule has 0 saturated carbocycles. The van der Waals surface area contributed by atoms with Gasteiger partial charge in [0.25, 0.3) is 23.0 Å². The van der Waals surface area contributed by atoms with Gasteiger partial charge >= 0.3 is 6.61 Å². The van der Waals surface area contributed by atoms with Crippen molar-refractivity contribution in [3.8, 4) is 11.5 Å². The summed E-state index contributed by atoms with van der Waals surface area (Å²) in [5.41, 5.74) is 1.19. The van der Waals surface area contributed by atoms with Crippen LogP contribution >= 0.6 is 11.8 Å². The maximum Gasteiger partial charge on any atom is 0.387 e. The van der Waals surface area contributed by atoms with E-state index in [1.807, 2.05) is 0 Å². The average Bonchev–Trinajstić information content (AvgIpc) is 3.06. The third kappa shape index (κ3) is 5.34. The van der Waals surface area contributed by atoms with Gasteiger partial charge in [0.2, 0.25) is 0 Å². The van der Waals surface area contributed by atoms with Crippen molar-refractivity contribution in [3.63, 3.8) is 0 Å². The monoisotopic (exact) mass is 489 g/mol. The van der Waals surface area contributed by atoms with E-state index in [2.05, 4.69) is 15.4 Å². The maximum absolute atomic E-state index is 12.6. The first-order chi connectivity index (χ1) is 16.3. The number of alkyl halides is 2. The van der Waals surface area contributed by atoms with Crippen LogP contribution in [0.25, 0.3) is 6.08 Å². The highest BCUT2D eigenvalue weighted by molar-refractivity contribution is 8.18. The molecule has 2 heterocycles. The highest BCUT2D eigenvalue weighted by Crippen LogP contribution is 2.32. The van der Waals surface area contributed by atoms with Crippen molar-refractivity contribution in [3.05, 3.63) is 58.5 Å². The van der Waals surface area contributed by atoms with Crippen molar-refractivity contribution < 1.29 is 37.4 Å². The fourth-order valence-electron chi connectivity index (χ4n) is 3.20. The first-order valence-electron chi connectivity index (χ1n) is 9.95. The molecule has 4 rings (SSSR count). The molecule has 0 aliphatic carbocycles. The number of halogens is 2. The molecule has 2 N–H and O–H groups in total. The van der Waals surface area contributed by atoms with E-state index in [-0.39, 0.29) is 41.8 Å². The van der Waals surface area contributed by atoms with E-state index in [1.54, 1.807) is 6.07 Å². The first kappa shape index (κ1) is 23.2. The highest BCUT2D eigenvalue weighted by Gasteiger charge is 2.34. The number of hydrogen-bond donors (Lipinski definition) is 2. The quantitative estimate of drug-likeness (QED) is 0.575. The summed E-state index contributed by atoms with van der Waals surface area (Å²) >= 11 is 0.743. The van der Waals surface area contributed by atoms with Crippen LogP contribution < -0.4 is 20.1 Å². The number of rotatable bonds is 7. The minimum atomic E-state index is -2.94. The largest absolute Gasteiger partial charge is 0.482 e. The van der Waals surface area contributed by atoms with Crippen molar-refractivity contribution >= 4 is 46.5 Å². The number of hydrogen-bond acceptors (Lipinski definition) is 7. The summed E-state index contributed by atoms with van der Waals surface area (Å²) in [4.78, 5) is 49.9. The molecular weight excluding hydrogens is 472 g/mol. The van der Waals surface area contributed by atoms with Crippen molar-refractivity contribution in [2.75, 3.05) is 25.0 Å².